The maximum absolute atomic E-state index is 13.5. The molecule has 3 aromatic rings. The average Bonchev–Trinajstić information content (AvgIpc) is 3.31. The summed E-state index contributed by atoms with van der Waals surface area (Å²) in [5.74, 6) is -0.264. The van der Waals surface area contributed by atoms with Gasteiger partial charge in [-0.3, -0.25) is 4.98 Å². The third-order valence-electron chi connectivity index (χ3n) is 5.08. The lowest BCUT2D eigenvalue weighted by atomic mass is 9.92. The van der Waals surface area contributed by atoms with Crippen LogP contribution in [0.25, 0.3) is 10.9 Å². The number of sulfonamides is 1. The second kappa shape index (κ2) is 6.28. The number of phenols is 1. The SMILES string of the molecule is CC1=NN(S(=O)(=O)c2ccc(O)c3ncccc23)C2=NOC(c3ccccc3)C12. The quantitative estimate of drug-likeness (QED) is 0.717. The van der Waals surface area contributed by atoms with Crippen LogP contribution in [0.2, 0.25) is 0 Å². The van der Waals surface area contributed by atoms with Crippen LogP contribution in [0.4, 0.5) is 0 Å². The van der Waals surface area contributed by atoms with Gasteiger partial charge in [0.05, 0.1) is 10.6 Å². The number of oxime groups is 1. The summed E-state index contributed by atoms with van der Waals surface area (Å²) in [5, 5.41) is 18.7. The molecule has 8 nitrogen and oxygen atoms in total. The lowest BCUT2D eigenvalue weighted by Crippen LogP contribution is -2.32. The molecule has 0 aliphatic carbocycles. The third-order valence-corrected chi connectivity index (χ3v) is 6.71. The zero-order valence-electron chi connectivity index (χ0n) is 15.3. The van der Waals surface area contributed by atoms with Crippen molar-refractivity contribution in [1.29, 1.82) is 0 Å². The first-order chi connectivity index (χ1) is 14.0. The van der Waals surface area contributed by atoms with Gasteiger partial charge in [-0.2, -0.15) is 13.5 Å². The highest BCUT2D eigenvalue weighted by molar-refractivity contribution is 7.90. The number of fused-ring (bicyclic) bond motifs is 2. The number of hydrogen-bond donors (Lipinski definition) is 1. The van der Waals surface area contributed by atoms with E-state index in [4.69, 9.17) is 4.84 Å². The number of rotatable bonds is 3. The van der Waals surface area contributed by atoms with Gasteiger partial charge in [0.25, 0.3) is 10.0 Å². The van der Waals surface area contributed by atoms with Crippen LogP contribution in [0.1, 0.15) is 18.6 Å². The van der Waals surface area contributed by atoms with Gasteiger partial charge in [0.15, 0.2) is 11.9 Å². The van der Waals surface area contributed by atoms with Gasteiger partial charge >= 0.3 is 0 Å². The summed E-state index contributed by atoms with van der Waals surface area (Å²) < 4.78 is 27.9. The molecule has 2 aliphatic rings. The van der Waals surface area contributed by atoms with Gasteiger partial charge < -0.3 is 9.94 Å². The summed E-state index contributed by atoms with van der Waals surface area (Å²) >= 11 is 0. The van der Waals surface area contributed by atoms with Crippen LogP contribution < -0.4 is 0 Å². The van der Waals surface area contributed by atoms with Crippen molar-refractivity contribution in [1.82, 2.24) is 9.40 Å². The minimum atomic E-state index is -4.09. The summed E-state index contributed by atoms with van der Waals surface area (Å²) in [6.45, 7) is 1.76. The average molecular weight is 408 g/mol. The van der Waals surface area contributed by atoms with Gasteiger partial charge in [0.2, 0.25) is 0 Å². The molecule has 2 unspecified atom stereocenters. The van der Waals surface area contributed by atoms with Crippen molar-refractivity contribution in [3.05, 3.63) is 66.4 Å². The summed E-state index contributed by atoms with van der Waals surface area (Å²) in [6.07, 6.45) is 1.06. The van der Waals surface area contributed by atoms with Crippen molar-refractivity contribution in [3.63, 3.8) is 0 Å². The highest BCUT2D eigenvalue weighted by atomic mass is 32.2. The Morgan fingerprint density at radius 3 is 2.66 bits per heavy atom. The highest BCUT2D eigenvalue weighted by Crippen LogP contribution is 2.41. The van der Waals surface area contributed by atoms with Crippen molar-refractivity contribution in [2.45, 2.75) is 17.9 Å². The standard InChI is InChI=1S/C20H16N4O4S/c1-12-17-19(13-6-3-2-4-7-13)28-23-20(17)24(22-12)29(26,27)16-10-9-15(25)18-14(16)8-5-11-21-18/h2-11,17,19,25H,1H3. The Bertz CT molecular complexity index is 1290. The molecule has 1 N–H and O–H groups in total. The van der Waals surface area contributed by atoms with E-state index in [1.165, 1.54) is 18.3 Å². The van der Waals surface area contributed by atoms with E-state index in [-0.39, 0.29) is 22.0 Å². The minimum absolute atomic E-state index is 0.0125. The molecule has 3 heterocycles. The molecule has 0 spiro atoms. The number of aromatic nitrogens is 1. The number of nitrogens with zero attached hydrogens (tertiary/aromatic N) is 4. The Morgan fingerprint density at radius 1 is 1.07 bits per heavy atom. The van der Waals surface area contributed by atoms with E-state index in [0.717, 1.165) is 9.98 Å². The molecule has 0 saturated heterocycles. The van der Waals surface area contributed by atoms with Gasteiger partial charge in [-0.15, -0.1) is 4.41 Å². The number of pyridine rings is 1. The maximum atomic E-state index is 13.5. The summed E-state index contributed by atoms with van der Waals surface area (Å²) in [5.41, 5.74) is 1.70. The van der Waals surface area contributed by atoms with Gasteiger partial charge in [0.1, 0.15) is 17.2 Å². The van der Waals surface area contributed by atoms with Crippen LogP contribution >= 0.6 is 0 Å². The fourth-order valence-electron chi connectivity index (χ4n) is 3.70. The maximum Gasteiger partial charge on any atom is 0.285 e. The molecule has 1 aromatic heterocycles. The molecule has 0 fully saturated rings. The van der Waals surface area contributed by atoms with E-state index in [1.54, 1.807) is 19.1 Å². The van der Waals surface area contributed by atoms with Crippen LogP contribution in [0.5, 0.6) is 5.75 Å². The Hall–Kier alpha value is -3.46. The zero-order chi connectivity index (χ0) is 20.2. The van der Waals surface area contributed by atoms with Crippen LogP contribution in [-0.2, 0) is 14.9 Å². The summed E-state index contributed by atoms with van der Waals surface area (Å²) in [4.78, 5) is 9.67. The number of aromatic hydroxyl groups is 1. The number of amidine groups is 1. The molecule has 9 heteroatoms. The molecule has 5 rings (SSSR count). The molecule has 0 amide bonds. The molecule has 2 aromatic carbocycles. The first-order valence-electron chi connectivity index (χ1n) is 8.94. The first kappa shape index (κ1) is 17.6. The first-order valence-corrected chi connectivity index (χ1v) is 10.4. The normalized spacial score (nSPS) is 20.9. The van der Waals surface area contributed by atoms with Gasteiger partial charge in [-0.05, 0) is 36.8 Å². The van der Waals surface area contributed by atoms with Crippen LogP contribution in [0, 0.1) is 5.92 Å². The Kier molecular flexibility index (Phi) is 3.82. The number of benzene rings is 2. The van der Waals surface area contributed by atoms with E-state index in [1.807, 2.05) is 30.3 Å². The molecule has 0 bridgehead atoms. The smallest absolute Gasteiger partial charge is 0.285 e. The predicted octanol–water partition coefficient (Wildman–Crippen LogP) is 3.02. The monoisotopic (exact) mass is 408 g/mol. The van der Waals surface area contributed by atoms with Gasteiger partial charge in [-0.25, -0.2) is 0 Å². The fourth-order valence-corrected chi connectivity index (χ4v) is 5.20. The van der Waals surface area contributed by atoms with E-state index in [2.05, 4.69) is 15.2 Å². The van der Waals surface area contributed by atoms with E-state index < -0.39 is 22.0 Å². The fraction of sp³-hybridized carbons (Fsp3) is 0.150. The van der Waals surface area contributed by atoms with Crippen LogP contribution in [0.15, 0.2) is 75.9 Å². The molecule has 29 heavy (non-hydrogen) atoms. The molecule has 0 saturated carbocycles. The Balaban J connectivity index is 1.59. The minimum Gasteiger partial charge on any atom is -0.506 e. The Morgan fingerprint density at radius 2 is 1.86 bits per heavy atom. The molecule has 2 atom stereocenters. The van der Waals surface area contributed by atoms with E-state index >= 15 is 0 Å². The van der Waals surface area contributed by atoms with E-state index in [9.17, 15) is 13.5 Å². The molecule has 2 aliphatic heterocycles. The number of hydrogen-bond acceptors (Lipinski definition) is 7. The lowest BCUT2D eigenvalue weighted by molar-refractivity contribution is 0.0738. The Labute approximate surface area is 166 Å². The summed E-state index contributed by atoms with van der Waals surface area (Å²) in [7, 11) is -4.09. The largest absolute Gasteiger partial charge is 0.506 e. The van der Waals surface area contributed by atoms with Gasteiger partial charge in [-0.1, -0.05) is 35.5 Å². The zero-order valence-corrected chi connectivity index (χ0v) is 16.1. The predicted molar refractivity (Wildman–Crippen MR) is 107 cm³/mol. The lowest BCUT2D eigenvalue weighted by Gasteiger charge is -2.17. The van der Waals surface area contributed by atoms with Crippen molar-refractivity contribution in [2.75, 3.05) is 0 Å². The molecular weight excluding hydrogens is 392 g/mol. The van der Waals surface area contributed by atoms with Crippen LogP contribution in [0.3, 0.4) is 0 Å². The second-order valence-corrected chi connectivity index (χ2v) is 8.57. The highest BCUT2D eigenvalue weighted by Gasteiger charge is 2.49. The topological polar surface area (TPSA) is 104 Å². The molecule has 146 valence electrons. The second-order valence-electron chi connectivity index (χ2n) is 6.84. The van der Waals surface area contributed by atoms with Crippen molar-refractivity contribution >= 4 is 32.5 Å². The third kappa shape index (κ3) is 2.58. The number of hydrazone groups is 1. The summed E-state index contributed by atoms with van der Waals surface area (Å²) in [6, 6.07) is 15.4. The molecule has 0 radical (unpaired) electrons. The van der Waals surface area contributed by atoms with Crippen molar-refractivity contribution in [3.8, 4) is 5.75 Å². The van der Waals surface area contributed by atoms with Crippen molar-refractivity contribution < 1.29 is 18.4 Å². The number of phenolic OH excluding ortho intramolecular Hbond substituents is 1. The van der Waals surface area contributed by atoms with Crippen LogP contribution in [-0.4, -0.2) is 34.5 Å². The van der Waals surface area contributed by atoms with Crippen molar-refractivity contribution in [2.24, 2.45) is 16.2 Å². The van der Waals surface area contributed by atoms with Gasteiger partial charge in [0, 0.05) is 11.6 Å². The molecular formula is C20H16N4O4S. The van der Waals surface area contributed by atoms with E-state index in [0.29, 0.717) is 11.1 Å².